The third-order valence-electron chi connectivity index (χ3n) is 2.01. The maximum absolute atomic E-state index is 8.56. The normalized spacial score (nSPS) is 19.2. The number of methoxy groups -OCH3 is 1. The molecule has 0 spiro atoms. The van der Waals surface area contributed by atoms with E-state index in [9.17, 15) is 0 Å². The quantitative estimate of drug-likeness (QED) is 0.458. The van der Waals surface area contributed by atoms with E-state index in [0.717, 1.165) is 25.9 Å². The molecular formula is C8H14N2O2. The van der Waals surface area contributed by atoms with Crippen LogP contribution in [0.4, 0.5) is 0 Å². The van der Waals surface area contributed by atoms with Gasteiger partial charge in [0, 0.05) is 20.2 Å². The highest BCUT2D eigenvalue weighted by Gasteiger charge is 2.17. The molecule has 0 bridgehead atoms. The van der Waals surface area contributed by atoms with Crippen LogP contribution in [0.25, 0.3) is 0 Å². The molecule has 1 heterocycles. The number of nitrogens with zero attached hydrogens (tertiary/aromatic N) is 2. The summed E-state index contributed by atoms with van der Waals surface area (Å²) in [6, 6.07) is 0. The molecule has 0 aromatic heterocycles. The Balaban J connectivity index is 2.14. The van der Waals surface area contributed by atoms with E-state index in [1.165, 1.54) is 0 Å². The maximum atomic E-state index is 8.56. The van der Waals surface area contributed by atoms with Crippen molar-refractivity contribution in [3.8, 4) is 6.19 Å². The highest BCUT2D eigenvalue weighted by molar-refractivity contribution is 4.80. The summed E-state index contributed by atoms with van der Waals surface area (Å²) in [6.45, 7) is 1.98. The zero-order valence-electron chi connectivity index (χ0n) is 7.32. The first-order chi connectivity index (χ1) is 5.86. The zero-order valence-corrected chi connectivity index (χ0v) is 7.32. The maximum Gasteiger partial charge on any atom is 0.179 e. The molecule has 1 aliphatic heterocycles. The van der Waals surface area contributed by atoms with Gasteiger partial charge < -0.3 is 14.4 Å². The minimum absolute atomic E-state index is 0.273. The molecule has 0 atom stereocenters. The van der Waals surface area contributed by atoms with Gasteiger partial charge in [0.05, 0.1) is 6.10 Å². The standard InChI is InChI=1S/C8H14N2O2/c1-11-7-12-8-2-4-10(6-9)5-3-8/h8H,2-5,7H2,1H3. The molecule has 0 aromatic carbocycles. The molecule has 0 aliphatic carbocycles. The van der Waals surface area contributed by atoms with E-state index in [4.69, 9.17) is 14.7 Å². The van der Waals surface area contributed by atoms with Crippen molar-refractivity contribution < 1.29 is 9.47 Å². The van der Waals surface area contributed by atoms with Crippen LogP contribution in [0.3, 0.4) is 0 Å². The molecule has 1 saturated heterocycles. The van der Waals surface area contributed by atoms with Crippen LogP contribution >= 0.6 is 0 Å². The Kier molecular flexibility index (Phi) is 3.85. The van der Waals surface area contributed by atoms with Crippen LogP contribution in [0.2, 0.25) is 0 Å². The monoisotopic (exact) mass is 170 g/mol. The lowest BCUT2D eigenvalue weighted by atomic mass is 10.1. The molecule has 1 aliphatic rings. The van der Waals surface area contributed by atoms with Gasteiger partial charge in [0.15, 0.2) is 6.19 Å². The average Bonchev–Trinajstić information content (AvgIpc) is 2.15. The summed E-state index contributed by atoms with van der Waals surface area (Å²) in [5, 5.41) is 8.56. The predicted octanol–water partition coefficient (Wildman–Crippen LogP) is 0.552. The molecule has 0 aromatic rings. The molecule has 12 heavy (non-hydrogen) atoms. The molecule has 68 valence electrons. The molecule has 0 unspecified atom stereocenters. The molecule has 0 N–H and O–H groups in total. The van der Waals surface area contributed by atoms with E-state index in [-0.39, 0.29) is 6.10 Å². The first-order valence-electron chi connectivity index (χ1n) is 4.12. The third kappa shape index (κ3) is 2.68. The van der Waals surface area contributed by atoms with Crippen molar-refractivity contribution in [3.63, 3.8) is 0 Å². The Labute approximate surface area is 72.7 Å². The number of hydrogen-bond donors (Lipinski definition) is 0. The van der Waals surface area contributed by atoms with Crippen LogP contribution in [0.5, 0.6) is 0 Å². The molecule has 0 saturated carbocycles. The summed E-state index contributed by atoms with van der Waals surface area (Å²) in [5.41, 5.74) is 0. The van der Waals surface area contributed by atoms with Gasteiger partial charge in [0.25, 0.3) is 0 Å². The summed E-state index contributed by atoms with van der Waals surface area (Å²) in [6.07, 6.45) is 4.25. The summed E-state index contributed by atoms with van der Waals surface area (Å²) in [7, 11) is 1.62. The van der Waals surface area contributed by atoms with Crippen molar-refractivity contribution in [2.24, 2.45) is 0 Å². The lowest BCUT2D eigenvalue weighted by Crippen LogP contribution is -2.34. The lowest BCUT2D eigenvalue weighted by molar-refractivity contribution is -0.0854. The fourth-order valence-electron chi connectivity index (χ4n) is 1.29. The van der Waals surface area contributed by atoms with E-state index >= 15 is 0 Å². The fourth-order valence-corrected chi connectivity index (χ4v) is 1.29. The van der Waals surface area contributed by atoms with Crippen LogP contribution in [-0.4, -0.2) is 38.0 Å². The van der Waals surface area contributed by atoms with Crippen LogP contribution in [0, 0.1) is 11.5 Å². The summed E-state index contributed by atoms with van der Waals surface area (Å²) >= 11 is 0. The van der Waals surface area contributed by atoms with Gasteiger partial charge in [-0.25, -0.2) is 0 Å². The number of hydrogen-bond acceptors (Lipinski definition) is 4. The van der Waals surface area contributed by atoms with E-state index in [0.29, 0.717) is 6.79 Å². The van der Waals surface area contributed by atoms with E-state index in [2.05, 4.69) is 6.19 Å². The molecule has 1 fully saturated rings. The average molecular weight is 170 g/mol. The Bertz CT molecular complexity index is 159. The van der Waals surface area contributed by atoms with E-state index < -0.39 is 0 Å². The largest absolute Gasteiger partial charge is 0.359 e. The van der Waals surface area contributed by atoms with Gasteiger partial charge in [0.2, 0.25) is 0 Å². The summed E-state index contributed by atoms with van der Waals surface area (Å²) in [4.78, 5) is 1.76. The highest BCUT2D eigenvalue weighted by Crippen LogP contribution is 2.12. The van der Waals surface area contributed by atoms with Crippen LogP contribution < -0.4 is 0 Å². The first-order valence-corrected chi connectivity index (χ1v) is 4.12. The number of likely N-dealkylation sites (tertiary alicyclic amines) is 1. The minimum atomic E-state index is 0.273. The molecule has 4 heteroatoms. The second-order valence-electron chi connectivity index (χ2n) is 2.86. The van der Waals surface area contributed by atoms with Gasteiger partial charge in [-0.1, -0.05) is 0 Å². The molecule has 1 rings (SSSR count). The molecular weight excluding hydrogens is 156 g/mol. The second kappa shape index (κ2) is 4.96. The third-order valence-corrected chi connectivity index (χ3v) is 2.01. The second-order valence-corrected chi connectivity index (χ2v) is 2.86. The van der Waals surface area contributed by atoms with Gasteiger partial charge in [-0.15, -0.1) is 0 Å². The number of rotatable bonds is 3. The zero-order chi connectivity index (χ0) is 8.81. The number of nitriles is 1. The van der Waals surface area contributed by atoms with E-state index in [1.54, 1.807) is 12.0 Å². The van der Waals surface area contributed by atoms with Crippen molar-refractivity contribution in [3.05, 3.63) is 0 Å². The number of ether oxygens (including phenoxy) is 2. The van der Waals surface area contributed by atoms with Crippen molar-refractivity contribution in [2.75, 3.05) is 27.0 Å². The lowest BCUT2D eigenvalue weighted by Gasteiger charge is -2.27. The first kappa shape index (κ1) is 9.30. The van der Waals surface area contributed by atoms with Gasteiger partial charge >= 0.3 is 0 Å². The van der Waals surface area contributed by atoms with Crippen LogP contribution in [0.15, 0.2) is 0 Å². The van der Waals surface area contributed by atoms with Crippen molar-refractivity contribution >= 4 is 0 Å². The minimum Gasteiger partial charge on any atom is -0.359 e. The SMILES string of the molecule is COCOC1CCN(C#N)CC1. The van der Waals surface area contributed by atoms with Crippen LogP contribution in [-0.2, 0) is 9.47 Å². The Morgan fingerprint density at radius 1 is 1.50 bits per heavy atom. The molecule has 0 amide bonds. The fraction of sp³-hybridized carbons (Fsp3) is 0.875. The topological polar surface area (TPSA) is 45.5 Å². The van der Waals surface area contributed by atoms with Gasteiger partial charge in [-0.2, -0.15) is 5.26 Å². The van der Waals surface area contributed by atoms with Crippen molar-refractivity contribution in [2.45, 2.75) is 18.9 Å². The molecule has 0 radical (unpaired) electrons. The van der Waals surface area contributed by atoms with Crippen molar-refractivity contribution in [1.82, 2.24) is 4.90 Å². The predicted molar refractivity (Wildman–Crippen MR) is 43.2 cm³/mol. The summed E-state index contributed by atoms with van der Waals surface area (Å²) < 4.78 is 10.2. The summed E-state index contributed by atoms with van der Waals surface area (Å²) in [5.74, 6) is 0. The van der Waals surface area contributed by atoms with E-state index in [1.807, 2.05) is 0 Å². The highest BCUT2D eigenvalue weighted by atomic mass is 16.7. The number of piperidine rings is 1. The smallest absolute Gasteiger partial charge is 0.179 e. The van der Waals surface area contributed by atoms with Gasteiger partial charge in [-0.05, 0) is 12.8 Å². The Hall–Kier alpha value is -0.790. The van der Waals surface area contributed by atoms with Gasteiger partial charge in [-0.3, -0.25) is 0 Å². The van der Waals surface area contributed by atoms with Crippen LogP contribution in [0.1, 0.15) is 12.8 Å². The van der Waals surface area contributed by atoms with Crippen molar-refractivity contribution in [1.29, 1.82) is 5.26 Å². The Morgan fingerprint density at radius 2 is 2.17 bits per heavy atom. The Morgan fingerprint density at radius 3 is 2.67 bits per heavy atom. The molecule has 4 nitrogen and oxygen atoms in total. The van der Waals surface area contributed by atoms with Gasteiger partial charge in [0.1, 0.15) is 6.79 Å².